The Morgan fingerprint density at radius 1 is 1.40 bits per heavy atom. The van der Waals surface area contributed by atoms with Crippen LogP contribution in [0.1, 0.15) is 24.4 Å². The second kappa shape index (κ2) is 6.40. The van der Waals surface area contributed by atoms with E-state index in [1.54, 1.807) is 22.9 Å². The average molecular weight is 354 g/mol. The minimum atomic E-state index is -0.301. The Bertz CT molecular complexity index is 856. The fraction of sp³-hybridized carbons (Fsp3) is 0.278. The summed E-state index contributed by atoms with van der Waals surface area (Å²) in [7, 11) is 0. The van der Waals surface area contributed by atoms with Crippen molar-refractivity contribution in [2.45, 2.75) is 24.0 Å². The number of thioether (sulfide) groups is 1. The fourth-order valence-corrected chi connectivity index (χ4v) is 3.92. The number of fused-ring (bicyclic) bond motifs is 2. The van der Waals surface area contributed by atoms with Gasteiger partial charge in [-0.15, -0.1) is 11.7 Å². The first-order valence-corrected chi connectivity index (χ1v) is 9.15. The SMILES string of the molecule is C=CCSc1nc2n(n1)[C@@H](c1ccc(O)cc1)[C@@H]1C(=O)CCC=C1N2. The van der Waals surface area contributed by atoms with E-state index in [-0.39, 0.29) is 23.5 Å². The smallest absolute Gasteiger partial charge is 0.227 e. The molecule has 1 aromatic heterocycles. The lowest BCUT2D eigenvalue weighted by Gasteiger charge is -2.36. The van der Waals surface area contributed by atoms with Crippen molar-refractivity contribution in [3.05, 3.63) is 54.3 Å². The molecule has 0 radical (unpaired) electrons. The number of rotatable bonds is 4. The van der Waals surface area contributed by atoms with Crippen molar-refractivity contribution in [2.24, 2.45) is 5.92 Å². The van der Waals surface area contributed by atoms with Gasteiger partial charge in [0.2, 0.25) is 11.1 Å². The third-order valence-electron chi connectivity index (χ3n) is 4.45. The van der Waals surface area contributed by atoms with Crippen LogP contribution in [0.4, 0.5) is 5.95 Å². The molecule has 25 heavy (non-hydrogen) atoms. The van der Waals surface area contributed by atoms with E-state index in [9.17, 15) is 9.90 Å². The van der Waals surface area contributed by atoms with Crippen molar-refractivity contribution >= 4 is 23.5 Å². The number of phenolic OH excluding ortho intramolecular Hbond substituents is 1. The summed E-state index contributed by atoms with van der Waals surface area (Å²) in [6.07, 6.45) is 5.16. The van der Waals surface area contributed by atoms with E-state index in [0.29, 0.717) is 17.5 Å². The van der Waals surface area contributed by atoms with Crippen LogP contribution >= 0.6 is 11.8 Å². The zero-order chi connectivity index (χ0) is 17.4. The largest absolute Gasteiger partial charge is 0.508 e. The highest BCUT2D eigenvalue weighted by Gasteiger charge is 2.41. The monoisotopic (exact) mass is 354 g/mol. The molecule has 0 spiro atoms. The molecule has 2 aliphatic rings. The van der Waals surface area contributed by atoms with Gasteiger partial charge in [0.15, 0.2) is 0 Å². The van der Waals surface area contributed by atoms with Crippen LogP contribution in [0.15, 0.2) is 53.8 Å². The first kappa shape index (κ1) is 16.0. The maximum absolute atomic E-state index is 12.7. The summed E-state index contributed by atoms with van der Waals surface area (Å²) in [5.41, 5.74) is 1.83. The molecule has 128 valence electrons. The summed E-state index contributed by atoms with van der Waals surface area (Å²) in [6, 6.07) is 6.69. The van der Waals surface area contributed by atoms with E-state index in [2.05, 4.69) is 28.1 Å². The van der Waals surface area contributed by atoms with Gasteiger partial charge < -0.3 is 10.4 Å². The van der Waals surface area contributed by atoms with Crippen molar-refractivity contribution in [2.75, 3.05) is 11.1 Å². The number of anilines is 1. The lowest BCUT2D eigenvalue weighted by Crippen LogP contribution is -2.38. The Morgan fingerprint density at radius 2 is 2.20 bits per heavy atom. The molecule has 0 unspecified atom stereocenters. The molecule has 0 bridgehead atoms. The molecule has 2 atom stereocenters. The zero-order valence-electron chi connectivity index (χ0n) is 13.6. The van der Waals surface area contributed by atoms with E-state index in [4.69, 9.17) is 0 Å². The molecule has 7 heteroatoms. The predicted octanol–water partition coefficient (Wildman–Crippen LogP) is 3.14. The number of Topliss-reactive ketones (excluding diaryl/α,β-unsaturated/α-hetero) is 1. The van der Waals surface area contributed by atoms with Crippen LogP contribution in [0.3, 0.4) is 0 Å². The number of nitrogens with zero attached hydrogens (tertiary/aromatic N) is 3. The number of benzene rings is 1. The van der Waals surface area contributed by atoms with Gasteiger partial charge >= 0.3 is 0 Å². The summed E-state index contributed by atoms with van der Waals surface area (Å²) >= 11 is 1.50. The van der Waals surface area contributed by atoms with Crippen molar-refractivity contribution in [3.63, 3.8) is 0 Å². The number of phenols is 1. The van der Waals surface area contributed by atoms with Gasteiger partial charge in [-0.05, 0) is 24.1 Å². The Labute approximate surface area is 149 Å². The standard InChI is InChI=1S/C18H18N4O2S/c1-2-10-25-18-20-17-19-13-4-3-5-14(24)15(13)16(22(17)21-18)11-6-8-12(23)9-7-11/h2,4,6-9,15-16,23H,1,3,5,10H2,(H,19,20,21)/t15-,16-/m0/s1. The Hall–Kier alpha value is -2.54. The second-order valence-corrected chi connectivity index (χ2v) is 7.05. The summed E-state index contributed by atoms with van der Waals surface area (Å²) < 4.78 is 1.79. The number of hydrogen-bond acceptors (Lipinski definition) is 6. The molecule has 0 saturated heterocycles. The molecule has 0 saturated carbocycles. The minimum Gasteiger partial charge on any atom is -0.508 e. The van der Waals surface area contributed by atoms with Gasteiger partial charge in [-0.3, -0.25) is 4.79 Å². The molecule has 2 heterocycles. The zero-order valence-corrected chi connectivity index (χ0v) is 14.4. The average Bonchev–Trinajstić information content (AvgIpc) is 3.01. The fourth-order valence-electron chi connectivity index (χ4n) is 3.35. The third-order valence-corrected chi connectivity index (χ3v) is 5.28. The molecule has 2 aromatic rings. The van der Waals surface area contributed by atoms with Gasteiger partial charge in [-0.25, -0.2) is 4.68 Å². The summed E-state index contributed by atoms with van der Waals surface area (Å²) in [5, 5.41) is 18.1. The molecule has 2 N–H and O–H groups in total. The Morgan fingerprint density at radius 3 is 2.96 bits per heavy atom. The number of aromatic nitrogens is 3. The van der Waals surface area contributed by atoms with Crippen LogP contribution < -0.4 is 5.32 Å². The van der Waals surface area contributed by atoms with Crippen LogP contribution in [0, 0.1) is 5.92 Å². The van der Waals surface area contributed by atoms with Crippen LogP contribution in [0.5, 0.6) is 5.75 Å². The van der Waals surface area contributed by atoms with Gasteiger partial charge in [-0.1, -0.05) is 36.0 Å². The molecule has 0 fully saturated rings. The topological polar surface area (TPSA) is 80.0 Å². The molecular formula is C18H18N4O2S. The normalized spacial score (nSPS) is 21.8. The molecule has 6 nitrogen and oxygen atoms in total. The highest BCUT2D eigenvalue weighted by atomic mass is 32.2. The Balaban J connectivity index is 1.82. The van der Waals surface area contributed by atoms with E-state index < -0.39 is 0 Å². The van der Waals surface area contributed by atoms with Gasteiger partial charge in [0, 0.05) is 17.9 Å². The predicted molar refractivity (Wildman–Crippen MR) is 96.6 cm³/mol. The summed E-state index contributed by atoms with van der Waals surface area (Å²) in [5.74, 6) is 1.46. The highest BCUT2D eigenvalue weighted by molar-refractivity contribution is 7.99. The quantitative estimate of drug-likeness (QED) is 0.649. The molecular weight excluding hydrogens is 336 g/mol. The first-order valence-electron chi connectivity index (χ1n) is 8.16. The minimum absolute atomic E-state index is 0.199. The number of allylic oxidation sites excluding steroid dienone is 2. The molecule has 1 aliphatic carbocycles. The molecule has 1 aromatic carbocycles. The van der Waals surface area contributed by atoms with Crippen molar-refractivity contribution in [3.8, 4) is 5.75 Å². The van der Waals surface area contributed by atoms with E-state index in [1.807, 2.05) is 12.1 Å². The molecule has 0 amide bonds. The van der Waals surface area contributed by atoms with Gasteiger partial charge in [0.1, 0.15) is 11.5 Å². The van der Waals surface area contributed by atoms with Crippen molar-refractivity contribution < 1.29 is 9.90 Å². The highest BCUT2D eigenvalue weighted by Crippen LogP contribution is 2.42. The van der Waals surface area contributed by atoms with Crippen LogP contribution in [-0.2, 0) is 4.79 Å². The van der Waals surface area contributed by atoms with E-state index >= 15 is 0 Å². The summed E-state index contributed by atoms with van der Waals surface area (Å²) in [6.45, 7) is 3.72. The number of hydrogen-bond donors (Lipinski definition) is 2. The number of carbonyl (C=O) groups excluding carboxylic acids is 1. The number of ketones is 1. The van der Waals surface area contributed by atoms with Crippen LogP contribution in [0.25, 0.3) is 0 Å². The van der Waals surface area contributed by atoms with E-state index in [0.717, 1.165) is 23.4 Å². The maximum atomic E-state index is 12.7. The third kappa shape index (κ3) is 2.84. The maximum Gasteiger partial charge on any atom is 0.227 e. The van der Waals surface area contributed by atoms with Gasteiger partial charge in [0.05, 0.1) is 12.0 Å². The van der Waals surface area contributed by atoms with Crippen LogP contribution in [-0.4, -0.2) is 31.4 Å². The van der Waals surface area contributed by atoms with Crippen molar-refractivity contribution in [1.29, 1.82) is 0 Å². The van der Waals surface area contributed by atoms with Gasteiger partial charge in [-0.2, -0.15) is 4.98 Å². The number of carbonyl (C=O) groups is 1. The lowest BCUT2D eigenvalue weighted by atomic mass is 9.81. The van der Waals surface area contributed by atoms with E-state index in [1.165, 1.54) is 11.8 Å². The molecule has 1 aliphatic heterocycles. The number of nitrogens with one attached hydrogen (secondary N) is 1. The first-order chi connectivity index (χ1) is 12.2. The van der Waals surface area contributed by atoms with Crippen LogP contribution in [0.2, 0.25) is 0 Å². The van der Waals surface area contributed by atoms with Gasteiger partial charge in [0.25, 0.3) is 0 Å². The summed E-state index contributed by atoms with van der Waals surface area (Å²) in [4.78, 5) is 17.2. The molecule has 4 rings (SSSR count). The van der Waals surface area contributed by atoms with Crippen molar-refractivity contribution in [1.82, 2.24) is 14.8 Å². The Kier molecular flexibility index (Phi) is 4.09. The lowest BCUT2D eigenvalue weighted by molar-refractivity contribution is -0.123. The number of aromatic hydroxyl groups is 1. The second-order valence-electron chi connectivity index (χ2n) is 6.07.